The van der Waals surface area contributed by atoms with Crippen LogP contribution in [0.4, 0.5) is 0 Å². The highest BCUT2D eigenvalue weighted by Gasteiger charge is 2.64. The molecule has 5 rings (SSSR count). The van der Waals surface area contributed by atoms with Gasteiger partial charge in [-0.3, -0.25) is 4.90 Å². The fourth-order valence-electron chi connectivity index (χ4n) is 6.42. The second-order valence-electron chi connectivity index (χ2n) is 8.94. The molecule has 3 atom stereocenters. The Kier molecular flexibility index (Phi) is 3.43. The van der Waals surface area contributed by atoms with E-state index in [2.05, 4.69) is 4.90 Å². The Morgan fingerprint density at radius 3 is 2.60 bits per heavy atom. The van der Waals surface area contributed by atoms with Gasteiger partial charge in [-0.15, -0.1) is 0 Å². The summed E-state index contributed by atoms with van der Waals surface area (Å²) >= 11 is 0. The van der Waals surface area contributed by atoms with Crippen LogP contribution in [0.2, 0.25) is 0 Å². The standard InChI is InChI=1S/C21H29NO3/c23-16-7-6-15-12-17-21(25)9-2-1-8-20(21,18(15)19(16)24)10-11-22(17)13-14-4-3-5-14/h6-7,14,17,23-25H,1-5,8-13H2/t17-,20+,21-/m1/s1. The first-order valence-corrected chi connectivity index (χ1v) is 10.1. The van der Waals surface area contributed by atoms with Gasteiger partial charge in [-0.25, -0.2) is 0 Å². The zero-order chi connectivity index (χ0) is 17.2. The molecule has 3 fully saturated rings. The minimum Gasteiger partial charge on any atom is -0.504 e. The van der Waals surface area contributed by atoms with Gasteiger partial charge in [0.15, 0.2) is 11.5 Å². The van der Waals surface area contributed by atoms with E-state index in [1.165, 1.54) is 19.3 Å². The Hall–Kier alpha value is -1.26. The van der Waals surface area contributed by atoms with Gasteiger partial charge in [-0.05, 0) is 62.6 Å². The lowest BCUT2D eigenvalue weighted by Crippen LogP contribution is -2.72. The van der Waals surface area contributed by atoms with Crippen LogP contribution < -0.4 is 0 Å². The number of fused-ring (bicyclic) bond motifs is 1. The van der Waals surface area contributed by atoms with Crippen LogP contribution in [-0.4, -0.2) is 45.0 Å². The number of hydrogen-bond acceptors (Lipinski definition) is 4. The first-order valence-electron chi connectivity index (χ1n) is 10.1. The summed E-state index contributed by atoms with van der Waals surface area (Å²) in [6.45, 7) is 2.11. The minimum atomic E-state index is -0.772. The molecule has 1 aromatic carbocycles. The Balaban J connectivity index is 1.63. The van der Waals surface area contributed by atoms with Crippen molar-refractivity contribution in [1.82, 2.24) is 4.90 Å². The van der Waals surface area contributed by atoms with E-state index in [1.807, 2.05) is 6.07 Å². The Labute approximate surface area is 149 Å². The molecule has 0 aromatic heterocycles. The quantitative estimate of drug-likeness (QED) is 0.722. The number of aromatic hydroxyl groups is 2. The summed E-state index contributed by atoms with van der Waals surface area (Å²) < 4.78 is 0. The maximum Gasteiger partial charge on any atom is 0.161 e. The van der Waals surface area contributed by atoms with E-state index in [1.54, 1.807) is 6.07 Å². The van der Waals surface area contributed by atoms with Gasteiger partial charge in [0.1, 0.15) is 0 Å². The lowest BCUT2D eigenvalue weighted by molar-refractivity contribution is -0.169. The monoisotopic (exact) mass is 343 g/mol. The highest BCUT2D eigenvalue weighted by atomic mass is 16.3. The number of rotatable bonds is 2. The van der Waals surface area contributed by atoms with Crippen molar-refractivity contribution in [1.29, 1.82) is 0 Å². The van der Waals surface area contributed by atoms with Crippen molar-refractivity contribution in [3.05, 3.63) is 23.3 Å². The zero-order valence-electron chi connectivity index (χ0n) is 14.9. The summed E-state index contributed by atoms with van der Waals surface area (Å²) in [5.74, 6) is 0.773. The van der Waals surface area contributed by atoms with Gasteiger partial charge < -0.3 is 15.3 Å². The van der Waals surface area contributed by atoms with E-state index in [0.29, 0.717) is 0 Å². The number of benzene rings is 1. The normalized spacial score (nSPS) is 37.9. The van der Waals surface area contributed by atoms with Crippen LogP contribution in [-0.2, 0) is 11.8 Å². The third-order valence-corrected chi connectivity index (χ3v) is 7.91. The molecule has 0 radical (unpaired) electrons. The number of likely N-dealkylation sites (tertiary alicyclic amines) is 1. The highest BCUT2D eigenvalue weighted by Crippen LogP contribution is 2.61. The number of hydrogen-bond donors (Lipinski definition) is 3. The van der Waals surface area contributed by atoms with Crippen molar-refractivity contribution in [2.75, 3.05) is 13.1 Å². The van der Waals surface area contributed by atoms with Gasteiger partial charge >= 0.3 is 0 Å². The summed E-state index contributed by atoms with van der Waals surface area (Å²) in [5, 5.41) is 32.8. The smallest absolute Gasteiger partial charge is 0.161 e. The molecule has 0 amide bonds. The summed E-state index contributed by atoms with van der Waals surface area (Å²) in [6, 6.07) is 3.74. The number of nitrogens with zero attached hydrogens (tertiary/aromatic N) is 1. The predicted molar refractivity (Wildman–Crippen MR) is 95.9 cm³/mol. The molecule has 1 aliphatic heterocycles. The minimum absolute atomic E-state index is 0.0173. The SMILES string of the molecule is Oc1ccc2c(c1O)[C@@]13CCCC[C@@]1(O)[C@@H](C2)N(CC1CCC1)CC3. The van der Waals surface area contributed by atoms with E-state index in [-0.39, 0.29) is 23.0 Å². The van der Waals surface area contributed by atoms with Crippen molar-refractivity contribution in [3.63, 3.8) is 0 Å². The van der Waals surface area contributed by atoms with Crippen molar-refractivity contribution in [3.8, 4) is 11.5 Å². The molecule has 3 aliphatic carbocycles. The van der Waals surface area contributed by atoms with Crippen molar-refractivity contribution >= 4 is 0 Å². The summed E-state index contributed by atoms with van der Waals surface area (Å²) in [4.78, 5) is 2.56. The molecule has 3 N–H and O–H groups in total. The summed E-state index contributed by atoms with van der Waals surface area (Å²) in [6.07, 6.45) is 9.57. The van der Waals surface area contributed by atoms with Gasteiger partial charge in [-0.1, -0.05) is 25.3 Å². The van der Waals surface area contributed by atoms with Crippen molar-refractivity contribution in [2.45, 2.75) is 74.8 Å². The fourth-order valence-corrected chi connectivity index (χ4v) is 6.42. The lowest BCUT2D eigenvalue weighted by Gasteiger charge is -2.64. The van der Waals surface area contributed by atoms with Crippen LogP contribution in [0, 0.1) is 5.92 Å². The molecule has 1 aromatic rings. The number of piperidine rings is 1. The van der Waals surface area contributed by atoms with E-state index in [9.17, 15) is 15.3 Å². The summed E-state index contributed by atoms with van der Waals surface area (Å²) in [5.41, 5.74) is 0.827. The molecule has 136 valence electrons. The van der Waals surface area contributed by atoms with Crippen LogP contribution >= 0.6 is 0 Å². The van der Waals surface area contributed by atoms with Crippen molar-refractivity contribution in [2.24, 2.45) is 5.92 Å². The Morgan fingerprint density at radius 1 is 1.04 bits per heavy atom. The first-order chi connectivity index (χ1) is 12.1. The second kappa shape index (κ2) is 5.37. The van der Waals surface area contributed by atoms with Crippen LogP contribution in [0.1, 0.15) is 62.5 Å². The largest absolute Gasteiger partial charge is 0.504 e. The van der Waals surface area contributed by atoms with Gasteiger partial charge in [0.2, 0.25) is 0 Å². The average Bonchev–Trinajstić information content (AvgIpc) is 2.55. The molecule has 1 heterocycles. The zero-order valence-corrected chi connectivity index (χ0v) is 14.9. The van der Waals surface area contributed by atoms with Crippen LogP contribution in [0.15, 0.2) is 12.1 Å². The topological polar surface area (TPSA) is 63.9 Å². The Bertz CT molecular complexity index is 701. The molecule has 4 nitrogen and oxygen atoms in total. The molecule has 1 saturated heterocycles. The third kappa shape index (κ3) is 2.01. The van der Waals surface area contributed by atoms with E-state index in [4.69, 9.17) is 0 Å². The second-order valence-corrected chi connectivity index (χ2v) is 8.94. The van der Waals surface area contributed by atoms with Crippen molar-refractivity contribution < 1.29 is 15.3 Å². The molecule has 4 aliphatic rings. The van der Waals surface area contributed by atoms with E-state index < -0.39 is 5.60 Å². The molecule has 25 heavy (non-hydrogen) atoms. The molecule has 2 saturated carbocycles. The van der Waals surface area contributed by atoms with Gasteiger partial charge in [0.05, 0.1) is 5.60 Å². The molecule has 4 heteroatoms. The fraction of sp³-hybridized carbons (Fsp3) is 0.714. The predicted octanol–water partition coefficient (Wildman–Crippen LogP) is 3.07. The maximum atomic E-state index is 12.0. The molecule has 0 spiro atoms. The van der Waals surface area contributed by atoms with Crippen LogP contribution in [0.3, 0.4) is 0 Å². The van der Waals surface area contributed by atoms with Gasteiger partial charge in [0, 0.05) is 23.6 Å². The number of aliphatic hydroxyl groups is 1. The van der Waals surface area contributed by atoms with Gasteiger partial charge in [-0.2, -0.15) is 0 Å². The maximum absolute atomic E-state index is 12.0. The molecule has 0 unspecified atom stereocenters. The van der Waals surface area contributed by atoms with Crippen LogP contribution in [0.5, 0.6) is 11.5 Å². The molecular formula is C21H29NO3. The number of phenolic OH excluding ortho intramolecular Hbond substituents is 2. The van der Waals surface area contributed by atoms with Crippen LogP contribution in [0.25, 0.3) is 0 Å². The van der Waals surface area contributed by atoms with E-state index >= 15 is 0 Å². The lowest BCUT2D eigenvalue weighted by atomic mass is 9.49. The first kappa shape index (κ1) is 16.0. The molecule has 2 bridgehead atoms. The summed E-state index contributed by atoms with van der Waals surface area (Å²) in [7, 11) is 0. The average molecular weight is 343 g/mol. The van der Waals surface area contributed by atoms with E-state index in [0.717, 1.165) is 68.7 Å². The highest BCUT2D eigenvalue weighted by molar-refractivity contribution is 5.57. The number of phenols is 2. The third-order valence-electron chi connectivity index (χ3n) is 7.91. The van der Waals surface area contributed by atoms with Gasteiger partial charge in [0.25, 0.3) is 0 Å². The molecular weight excluding hydrogens is 314 g/mol. The Morgan fingerprint density at radius 2 is 1.84 bits per heavy atom.